The Morgan fingerprint density at radius 1 is 0.800 bits per heavy atom. The van der Waals surface area contributed by atoms with Crippen LogP contribution in [0.4, 0.5) is 24.5 Å². The number of hydrogen-bond acceptors (Lipinski definition) is 4. The number of carbonyl (C=O) groups is 2. The van der Waals surface area contributed by atoms with Crippen molar-refractivity contribution in [3.63, 3.8) is 0 Å². The van der Waals surface area contributed by atoms with Crippen LogP contribution in [-0.2, 0) is 12.6 Å². The molecule has 2 aliphatic heterocycles. The molecule has 1 N–H and O–H groups in total. The number of hydrogen-bond donors (Lipinski definition) is 1. The highest BCUT2D eigenvalue weighted by Gasteiger charge is 2.42. The molecule has 2 amide bonds. The first kappa shape index (κ1) is 29.0. The van der Waals surface area contributed by atoms with E-state index in [-0.39, 0.29) is 24.0 Å². The Bertz CT molecular complexity index is 1730. The Hall–Kier alpha value is -4.79. The van der Waals surface area contributed by atoms with Crippen molar-refractivity contribution in [2.75, 3.05) is 36.4 Å². The Morgan fingerprint density at radius 2 is 1.51 bits per heavy atom. The van der Waals surface area contributed by atoms with E-state index in [1.807, 2.05) is 52.3 Å². The average Bonchev–Trinajstić information content (AvgIpc) is 3.34. The van der Waals surface area contributed by atoms with E-state index in [9.17, 15) is 22.8 Å². The van der Waals surface area contributed by atoms with Crippen LogP contribution in [0.5, 0.6) is 0 Å². The van der Waals surface area contributed by atoms with Gasteiger partial charge < -0.3 is 20.0 Å². The number of halogens is 3. The monoisotopic (exact) mass is 610 g/mol. The van der Waals surface area contributed by atoms with Crippen molar-refractivity contribution in [2.45, 2.75) is 37.6 Å². The maximum absolute atomic E-state index is 13.8. The molecule has 2 unspecified atom stereocenters. The third kappa shape index (κ3) is 5.52. The van der Waals surface area contributed by atoms with Crippen LogP contribution in [-0.4, -0.2) is 47.8 Å². The van der Waals surface area contributed by atoms with Gasteiger partial charge in [-0.15, -0.1) is 0 Å². The van der Waals surface area contributed by atoms with E-state index >= 15 is 0 Å². The molecule has 1 fully saturated rings. The SMILES string of the molecule is O=C(c1ccc(NC2c3ccccc3C(=O)N2C2CCCc3ccccc32)cc1)N1CCN(c2cccc(C(F)(F)F)c2)CC1. The van der Waals surface area contributed by atoms with Crippen molar-refractivity contribution in [3.8, 4) is 0 Å². The van der Waals surface area contributed by atoms with E-state index in [4.69, 9.17) is 0 Å². The van der Waals surface area contributed by atoms with Gasteiger partial charge in [-0.05, 0) is 78.9 Å². The normalized spacial score (nSPS) is 19.7. The van der Waals surface area contributed by atoms with Gasteiger partial charge in [0, 0.05) is 54.2 Å². The average molecular weight is 611 g/mol. The lowest BCUT2D eigenvalue weighted by molar-refractivity contribution is -0.137. The summed E-state index contributed by atoms with van der Waals surface area (Å²) in [5.41, 5.74) is 5.28. The van der Waals surface area contributed by atoms with E-state index in [1.54, 1.807) is 23.1 Å². The second-order valence-corrected chi connectivity index (χ2v) is 11.9. The summed E-state index contributed by atoms with van der Waals surface area (Å²) >= 11 is 0. The first-order valence-corrected chi connectivity index (χ1v) is 15.4. The summed E-state index contributed by atoms with van der Waals surface area (Å²) in [4.78, 5) is 32.7. The molecule has 45 heavy (non-hydrogen) atoms. The first-order valence-electron chi connectivity index (χ1n) is 15.4. The van der Waals surface area contributed by atoms with Gasteiger partial charge in [0.25, 0.3) is 11.8 Å². The fraction of sp³-hybridized carbons (Fsp3) is 0.278. The molecular formula is C36H33F3N4O2. The molecule has 1 aliphatic carbocycles. The quantitative estimate of drug-likeness (QED) is 0.258. The molecule has 0 radical (unpaired) electrons. The second kappa shape index (κ2) is 11.6. The van der Waals surface area contributed by atoms with Gasteiger partial charge in [0.1, 0.15) is 6.17 Å². The van der Waals surface area contributed by atoms with Crippen molar-refractivity contribution >= 4 is 23.2 Å². The maximum Gasteiger partial charge on any atom is 0.416 e. The van der Waals surface area contributed by atoms with Crippen LogP contribution in [0.1, 0.15) is 68.0 Å². The number of carbonyl (C=O) groups excluding carboxylic acids is 2. The van der Waals surface area contributed by atoms with Crippen molar-refractivity contribution in [2.24, 2.45) is 0 Å². The molecule has 7 rings (SSSR count). The lowest BCUT2D eigenvalue weighted by atomic mass is 9.86. The van der Waals surface area contributed by atoms with Gasteiger partial charge in [0.15, 0.2) is 0 Å². The van der Waals surface area contributed by atoms with Gasteiger partial charge in [0.05, 0.1) is 11.6 Å². The zero-order chi connectivity index (χ0) is 31.1. The summed E-state index contributed by atoms with van der Waals surface area (Å²) in [5.74, 6) is -0.104. The molecule has 9 heteroatoms. The van der Waals surface area contributed by atoms with Crippen LogP contribution in [0.25, 0.3) is 0 Å². The van der Waals surface area contributed by atoms with E-state index in [1.165, 1.54) is 17.2 Å². The van der Waals surface area contributed by atoms with E-state index < -0.39 is 11.7 Å². The molecule has 4 aromatic carbocycles. The number of nitrogens with zero attached hydrogens (tertiary/aromatic N) is 3. The summed E-state index contributed by atoms with van der Waals surface area (Å²) < 4.78 is 39.5. The van der Waals surface area contributed by atoms with Crippen LogP contribution in [0.15, 0.2) is 97.1 Å². The number of aryl methyl sites for hydroxylation is 1. The van der Waals surface area contributed by atoms with Gasteiger partial charge in [0.2, 0.25) is 0 Å². The maximum atomic E-state index is 13.8. The molecule has 4 aromatic rings. The number of piperazine rings is 1. The molecule has 0 aromatic heterocycles. The minimum atomic E-state index is -4.40. The Labute approximate surface area is 260 Å². The summed E-state index contributed by atoms with van der Waals surface area (Å²) in [6, 6.07) is 28.7. The van der Waals surface area contributed by atoms with Crippen LogP contribution >= 0.6 is 0 Å². The molecule has 2 atom stereocenters. The summed E-state index contributed by atoms with van der Waals surface area (Å²) in [6.07, 6.45) is -1.83. The number of rotatable bonds is 5. The molecule has 0 saturated carbocycles. The summed E-state index contributed by atoms with van der Waals surface area (Å²) in [6.45, 7) is 1.71. The molecule has 2 heterocycles. The number of benzene rings is 4. The van der Waals surface area contributed by atoms with Gasteiger partial charge in [-0.1, -0.05) is 48.5 Å². The van der Waals surface area contributed by atoms with Gasteiger partial charge in [-0.3, -0.25) is 9.59 Å². The zero-order valence-corrected chi connectivity index (χ0v) is 24.6. The predicted octanol–water partition coefficient (Wildman–Crippen LogP) is 7.31. The van der Waals surface area contributed by atoms with E-state index in [0.717, 1.165) is 42.6 Å². The molecule has 0 spiro atoms. The third-order valence-electron chi connectivity index (χ3n) is 9.21. The minimum absolute atomic E-state index is 0.0147. The summed E-state index contributed by atoms with van der Waals surface area (Å²) in [7, 11) is 0. The van der Waals surface area contributed by atoms with Crippen molar-refractivity contribution in [1.82, 2.24) is 9.80 Å². The second-order valence-electron chi connectivity index (χ2n) is 11.9. The summed E-state index contributed by atoms with van der Waals surface area (Å²) in [5, 5.41) is 3.58. The lowest BCUT2D eigenvalue weighted by Crippen LogP contribution is -2.48. The predicted molar refractivity (Wildman–Crippen MR) is 167 cm³/mol. The molecule has 3 aliphatic rings. The number of nitrogens with one attached hydrogen (secondary N) is 1. The largest absolute Gasteiger partial charge is 0.416 e. The number of fused-ring (bicyclic) bond motifs is 2. The zero-order valence-electron chi connectivity index (χ0n) is 24.6. The fourth-order valence-electron chi connectivity index (χ4n) is 6.92. The van der Waals surface area contributed by atoms with Gasteiger partial charge in [-0.25, -0.2) is 0 Å². The Kier molecular flexibility index (Phi) is 7.47. The minimum Gasteiger partial charge on any atom is -0.368 e. The highest BCUT2D eigenvalue weighted by Crippen LogP contribution is 2.44. The highest BCUT2D eigenvalue weighted by atomic mass is 19.4. The van der Waals surface area contributed by atoms with Gasteiger partial charge in [-0.2, -0.15) is 13.2 Å². The highest BCUT2D eigenvalue weighted by molar-refractivity contribution is 6.00. The number of alkyl halides is 3. The smallest absolute Gasteiger partial charge is 0.368 e. The molecular weight excluding hydrogens is 577 g/mol. The van der Waals surface area contributed by atoms with Crippen molar-refractivity contribution in [3.05, 3.63) is 130 Å². The van der Waals surface area contributed by atoms with E-state index in [2.05, 4.69) is 23.5 Å². The first-order chi connectivity index (χ1) is 21.8. The standard InChI is InChI=1S/C36H33F3N4O2/c37-36(38,39)26-9-6-10-28(23-26)41-19-21-42(22-20-41)34(44)25-15-17-27(18-16-25)40-33-30-12-3-4-13-31(30)35(45)43(33)32-14-5-8-24-7-1-2-11-29(24)32/h1-4,6-7,9-13,15-18,23,32-33,40H,5,8,14,19-22H2. The number of anilines is 2. The van der Waals surface area contributed by atoms with Crippen LogP contribution in [0.3, 0.4) is 0 Å². The molecule has 6 nitrogen and oxygen atoms in total. The fourth-order valence-corrected chi connectivity index (χ4v) is 6.92. The van der Waals surface area contributed by atoms with Crippen LogP contribution < -0.4 is 10.2 Å². The van der Waals surface area contributed by atoms with Crippen LogP contribution in [0, 0.1) is 0 Å². The van der Waals surface area contributed by atoms with Crippen molar-refractivity contribution < 1.29 is 22.8 Å². The van der Waals surface area contributed by atoms with Crippen molar-refractivity contribution in [1.29, 1.82) is 0 Å². The van der Waals surface area contributed by atoms with E-state index in [0.29, 0.717) is 43.0 Å². The van der Waals surface area contributed by atoms with Gasteiger partial charge >= 0.3 is 6.18 Å². The third-order valence-corrected chi connectivity index (χ3v) is 9.21. The molecule has 230 valence electrons. The number of amides is 2. The molecule has 1 saturated heterocycles. The Balaban J connectivity index is 1.05. The Morgan fingerprint density at radius 3 is 2.27 bits per heavy atom. The van der Waals surface area contributed by atoms with Crippen LogP contribution in [0.2, 0.25) is 0 Å². The topological polar surface area (TPSA) is 55.9 Å². The molecule has 0 bridgehead atoms. The lowest BCUT2D eigenvalue weighted by Gasteiger charge is -2.38.